The normalized spacial score (nSPS) is 40.4. The highest BCUT2D eigenvalue weighted by atomic mass is 16.3. The van der Waals surface area contributed by atoms with E-state index in [0.29, 0.717) is 19.5 Å². The van der Waals surface area contributed by atoms with Gasteiger partial charge in [0.2, 0.25) is 0 Å². The molecule has 4 N–H and O–H groups in total. The van der Waals surface area contributed by atoms with Crippen molar-refractivity contribution in [3.05, 3.63) is 0 Å². The summed E-state index contributed by atoms with van der Waals surface area (Å²) in [4.78, 5) is 14.9. The quantitative estimate of drug-likeness (QED) is 0.428. The van der Waals surface area contributed by atoms with Crippen LogP contribution in [-0.2, 0) is 0 Å². The largest absolute Gasteiger partial charge is 0.391 e. The number of urea groups is 1. The highest BCUT2D eigenvalue weighted by Crippen LogP contribution is 2.28. The van der Waals surface area contributed by atoms with Crippen LogP contribution in [-0.4, -0.2) is 88.7 Å². The van der Waals surface area contributed by atoms with Crippen molar-refractivity contribution in [2.24, 2.45) is 0 Å². The Morgan fingerprint density at radius 2 is 1.94 bits per heavy atom. The Morgan fingerprint density at radius 3 is 2.56 bits per heavy atom. The number of amides is 2. The van der Waals surface area contributed by atoms with Gasteiger partial charge in [0.1, 0.15) is 6.10 Å². The Kier molecular flexibility index (Phi) is 3.76. The van der Waals surface area contributed by atoms with Gasteiger partial charge in [-0.2, -0.15) is 0 Å². The van der Waals surface area contributed by atoms with Gasteiger partial charge in [0, 0.05) is 27.2 Å². The van der Waals surface area contributed by atoms with E-state index in [1.807, 2.05) is 4.90 Å². The second kappa shape index (κ2) is 5.00. The van der Waals surface area contributed by atoms with Gasteiger partial charge in [0.25, 0.3) is 0 Å². The van der Waals surface area contributed by atoms with E-state index in [0.717, 1.165) is 0 Å². The lowest BCUT2D eigenvalue weighted by molar-refractivity contribution is -0.0995. The van der Waals surface area contributed by atoms with Gasteiger partial charge in [-0.3, -0.25) is 4.90 Å². The highest BCUT2D eigenvalue weighted by Gasteiger charge is 2.48. The zero-order valence-electron chi connectivity index (χ0n) is 10.7. The van der Waals surface area contributed by atoms with E-state index in [9.17, 15) is 20.1 Å². The molecule has 0 aromatic rings. The van der Waals surface area contributed by atoms with Gasteiger partial charge in [-0.15, -0.1) is 0 Å². The number of carbonyl (C=O) groups is 1. The monoisotopic (exact) mass is 259 g/mol. The lowest BCUT2D eigenvalue weighted by Crippen LogP contribution is -2.66. The highest BCUT2D eigenvalue weighted by molar-refractivity contribution is 5.74. The number of aliphatic hydroxyl groups is 3. The first-order valence-corrected chi connectivity index (χ1v) is 6.18. The van der Waals surface area contributed by atoms with Gasteiger partial charge in [-0.05, 0) is 6.42 Å². The molecule has 2 aliphatic heterocycles. The number of carbonyl (C=O) groups excluding carboxylic acids is 1. The predicted molar refractivity (Wildman–Crippen MR) is 64.0 cm³/mol. The molecule has 0 aromatic carbocycles. The summed E-state index contributed by atoms with van der Waals surface area (Å²) in [6.07, 6.45) is -2.12. The van der Waals surface area contributed by atoms with Gasteiger partial charge in [-0.1, -0.05) is 0 Å². The van der Waals surface area contributed by atoms with E-state index in [4.69, 9.17) is 0 Å². The fraction of sp³-hybridized carbons (Fsp3) is 0.909. The minimum absolute atomic E-state index is 0.301. The molecule has 2 fully saturated rings. The molecule has 7 heteroatoms. The SMILES string of the molecule is CN(C)C(=O)N[C@H]1CN2CC[C@H](O)[C@@H]2[C@@H](O)[C@@H]1O. The summed E-state index contributed by atoms with van der Waals surface area (Å²) in [5.41, 5.74) is 0. The van der Waals surface area contributed by atoms with Gasteiger partial charge in [0.15, 0.2) is 0 Å². The summed E-state index contributed by atoms with van der Waals surface area (Å²) >= 11 is 0. The number of piperidine rings is 1. The number of rotatable bonds is 1. The lowest BCUT2D eigenvalue weighted by atomic mass is 9.91. The van der Waals surface area contributed by atoms with Crippen LogP contribution in [0.15, 0.2) is 0 Å². The van der Waals surface area contributed by atoms with Gasteiger partial charge in [0.05, 0.1) is 24.3 Å². The summed E-state index contributed by atoms with van der Waals surface area (Å²) in [5.74, 6) is 0. The van der Waals surface area contributed by atoms with Crippen LogP contribution in [0.1, 0.15) is 6.42 Å². The molecule has 2 amide bonds. The maximum absolute atomic E-state index is 11.6. The van der Waals surface area contributed by atoms with Crippen LogP contribution in [0.4, 0.5) is 4.79 Å². The van der Waals surface area contributed by atoms with Crippen LogP contribution in [0.2, 0.25) is 0 Å². The molecule has 0 bridgehead atoms. The number of nitrogens with one attached hydrogen (secondary N) is 1. The van der Waals surface area contributed by atoms with Crippen LogP contribution in [0.25, 0.3) is 0 Å². The van der Waals surface area contributed by atoms with E-state index < -0.39 is 30.4 Å². The van der Waals surface area contributed by atoms with Gasteiger partial charge in [-0.25, -0.2) is 4.79 Å². The predicted octanol–water partition coefficient (Wildman–Crippen LogP) is -2.20. The number of hydrogen-bond donors (Lipinski definition) is 4. The van der Waals surface area contributed by atoms with Crippen LogP contribution in [0.5, 0.6) is 0 Å². The summed E-state index contributed by atoms with van der Waals surface area (Å²) in [5, 5.41) is 32.5. The molecule has 7 nitrogen and oxygen atoms in total. The Hall–Kier alpha value is -0.890. The molecule has 18 heavy (non-hydrogen) atoms. The summed E-state index contributed by atoms with van der Waals surface area (Å²) < 4.78 is 0. The van der Waals surface area contributed by atoms with Crippen molar-refractivity contribution in [1.82, 2.24) is 15.1 Å². The van der Waals surface area contributed by atoms with E-state index in [2.05, 4.69) is 5.32 Å². The molecule has 0 aliphatic carbocycles. The van der Waals surface area contributed by atoms with Crippen molar-refractivity contribution in [2.45, 2.75) is 36.8 Å². The zero-order valence-corrected chi connectivity index (χ0v) is 10.7. The zero-order chi connectivity index (χ0) is 13.4. The van der Waals surface area contributed by atoms with Crippen molar-refractivity contribution < 1.29 is 20.1 Å². The van der Waals surface area contributed by atoms with Gasteiger partial charge < -0.3 is 25.5 Å². The number of hydrogen-bond acceptors (Lipinski definition) is 5. The maximum atomic E-state index is 11.6. The fourth-order valence-corrected chi connectivity index (χ4v) is 2.74. The Labute approximate surface area is 106 Å². The molecule has 104 valence electrons. The minimum Gasteiger partial charge on any atom is -0.391 e. The Morgan fingerprint density at radius 1 is 1.28 bits per heavy atom. The second-order valence-electron chi connectivity index (χ2n) is 5.27. The van der Waals surface area contributed by atoms with Crippen LogP contribution in [0, 0.1) is 0 Å². The fourth-order valence-electron chi connectivity index (χ4n) is 2.74. The lowest BCUT2D eigenvalue weighted by Gasteiger charge is -2.43. The standard InChI is InChI=1S/C11H21N3O4/c1-13(2)11(18)12-6-5-14-4-3-7(15)8(14)10(17)9(6)16/h6-10,15-17H,3-5H2,1-2H3,(H,12,18)/t6-,7-,8+,9+,10+/m0/s1. The van der Waals surface area contributed by atoms with Crippen LogP contribution >= 0.6 is 0 Å². The molecular weight excluding hydrogens is 238 g/mol. The third kappa shape index (κ3) is 2.31. The first kappa shape index (κ1) is 13.5. The second-order valence-corrected chi connectivity index (χ2v) is 5.27. The van der Waals surface area contributed by atoms with Crippen molar-refractivity contribution in [2.75, 3.05) is 27.2 Å². The Balaban J connectivity index is 2.04. The molecular formula is C11H21N3O4. The topological polar surface area (TPSA) is 96.3 Å². The molecule has 0 unspecified atom stereocenters. The third-order valence-electron chi connectivity index (χ3n) is 3.79. The first-order chi connectivity index (χ1) is 8.41. The average Bonchev–Trinajstić information content (AvgIpc) is 2.67. The van der Waals surface area contributed by atoms with Crippen molar-refractivity contribution >= 4 is 6.03 Å². The first-order valence-electron chi connectivity index (χ1n) is 6.18. The summed E-state index contributed by atoms with van der Waals surface area (Å²) in [7, 11) is 3.23. The molecule has 0 aromatic heterocycles. The van der Waals surface area contributed by atoms with E-state index >= 15 is 0 Å². The van der Waals surface area contributed by atoms with E-state index in [1.54, 1.807) is 14.1 Å². The number of nitrogens with zero attached hydrogens (tertiary/aromatic N) is 2. The third-order valence-corrected chi connectivity index (χ3v) is 3.79. The minimum atomic E-state index is -1.05. The molecule has 2 rings (SSSR count). The molecule has 0 saturated carbocycles. The molecule has 0 spiro atoms. The van der Waals surface area contributed by atoms with E-state index in [-0.39, 0.29) is 6.03 Å². The molecule has 2 heterocycles. The molecule has 0 radical (unpaired) electrons. The summed E-state index contributed by atoms with van der Waals surface area (Å²) in [6.45, 7) is 1.11. The molecule has 2 aliphatic rings. The van der Waals surface area contributed by atoms with Crippen LogP contribution < -0.4 is 5.32 Å². The number of aliphatic hydroxyl groups excluding tert-OH is 3. The van der Waals surface area contributed by atoms with Gasteiger partial charge >= 0.3 is 6.03 Å². The average molecular weight is 259 g/mol. The van der Waals surface area contributed by atoms with E-state index in [1.165, 1.54) is 4.90 Å². The van der Waals surface area contributed by atoms with Crippen molar-refractivity contribution in [1.29, 1.82) is 0 Å². The summed E-state index contributed by atoms with van der Waals surface area (Å²) in [6, 6.07) is -1.24. The maximum Gasteiger partial charge on any atom is 0.317 e. The van der Waals surface area contributed by atoms with Crippen LogP contribution in [0.3, 0.4) is 0 Å². The Bertz CT molecular complexity index is 325. The number of fused-ring (bicyclic) bond motifs is 1. The molecule has 5 atom stereocenters. The smallest absolute Gasteiger partial charge is 0.317 e. The van der Waals surface area contributed by atoms with Crippen molar-refractivity contribution in [3.63, 3.8) is 0 Å². The molecule has 2 saturated heterocycles. The van der Waals surface area contributed by atoms with Crippen molar-refractivity contribution in [3.8, 4) is 0 Å².